The maximum Gasteiger partial charge on any atom is 0.107 e. The monoisotopic (exact) mass is 310 g/mol. The average Bonchev–Trinajstić information content (AvgIpc) is 2.96. The van der Waals surface area contributed by atoms with Gasteiger partial charge < -0.3 is 10.2 Å². The maximum atomic E-state index is 4.75. The standard InChI is InChI=1S/C16H30N4S/c1-16(2,3)17-9-15-18-13(12-21-15)10-19(4)11-14-7-6-8-20(14)5/h12,14,17H,6-11H2,1-5H3. The molecule has 1 aliphatic heterocycles. The molecule has 1 saturated heterocycles. The van der Waals surface area contributed by atoms with Gasteiger partial charge in [0.05, 0.1) is 5.69 Å². The number of aromatic nitrogens is 1. The van der Waals surface area contributed by atoms with Crippen molar-refractivity contribution >= 4 is 11.3 Å². The van der Waals surface area contributed by atoms with Crippen molar-refractivity contribution in [1.29, 1.82) is 0 Å². The third-order valence-electron chi connectivity index (χ3n) is 4.00. The van der Waals surface area contributed by atoms with Crippen molar-refractivity contribution in [3.63, 3.8) is 0 Å². The van der Waals surface area contributed by atoms with Gasteiger partial charge >= 0.3 is 0 Å². The molecule has 1 unspecified atom stereocenters. The van der Waals surface area contributed by atoms with Crippen molar-refractivity contribution in [2.24, 2.45) is 0 Å². The fraction of sp³-hybridized carbons (Fsp3) is 0.812. The van der Waals surface area contributed by atoms with E-state index in [1.54, 1.807) is 11.3 Å². The summed E-state index contributed by atoms with van der Waals surface area (Å²) in [4.78, 5) is 9.64. The summed E-state index contributed by atoms with van der Waals surface area (Å²) >= 11 is 1.76. The van der Waals surface area contributed by atoms with E-state index in [1.165, 1.54) is 30.1 Å². The number of thiazole rings is 1. The van der Waals surface area contributed by atoms with Crippen LogP contribution in [0.1, 0.15) is 44.3 Å². The predicted octanol–water partition coefficient (Wildman–Crippen LogP) is 2.56. The first-order valence-corrected chi connectivity index (χ1v) is 8.78. The van der Waals surface area contributed by atoms with Gasteiger partial charge in [0.1, 0.15) is 5.01 Å². The van der Waals surface area contributed by atoms with Gasteiger partial charge in [0, 0.05) is 36.6 Å². The molecule has 0 spiro atoms. The summed E-state index contributed by atoms with van der Waals surface area (Å²) in [5.74, 6) is 0. The highest BCUT2D eigenvalue weighted by Crippen LogP contribution is 2.17. The summed E-state index contributed by atoms with van der Waals surface area (Å²) in [5.41, 5.74) is 1.35. The number of likely N-dealkylation sites (tertiary alicyclic amines) is 1. The first-order chi connectivity index (χ1) is 9.83. The molecule has 1 atom stereocenters. The normalized spacial score (nSPS) is 20.6. The zero-order valence-corrected chi connectivity index (χ0v) is 15.0. The molecule has 0 aromatic carbocycles. The summed E-state index contributed by atoms with van der Waals surface area (Å²) < 4.78 is 0. The number of nitrogens with zero attached hydrogens (tertiary/aromatic N) is 3. The van der Waals surface area contributed by atoms with Gasteiger partial charge in [-0.1, -0.05) is 0 Å². The van der Waals surface area contributed by atoms with Crippen LogP contribution in [0.15, 0.2) is 5.38 Å². The van der Waals surface area contributed by atoms with E-state index in [0.29, 0.717) is 0 Å². The summed E-state index contributed by atoms with van der Waals surface area (Å²) in [6.07, 6.45) is 2.67. The molecule has 0 amide bonds. The van der Waals surface area contributed by atoms with E-state index in [2.05, 4.69) is 55.4 Å². The van der Waals surface area contributed by atoms with Crippen LogP contribution < -0.4 is 5.32 Å². The highest BCUT2D eigenvalue weighted by molar-refractivity contribution is 7.09. The van der Waals surface area contributed by atoms with Crippen molar-refractivity contribution in [1.82, 2.24) is 20.1 Å². The minimum Gasteiger partial charge on any atom is -0.306 e. The lowest BCUT2D eigenvalue weighted by atomic mass is 10.1. The van der Waals surface area contributed by atoms with Crippen LogP contribution in [-0.2, 0) is 13.1 Å². The fourth-order valence-corrected chi connectivity index (χ4v) is 3.48. The average molecular weight is 311 g/mol. The first-order valence-electron chi connectivity index (χ1n) is 7.90. The number of likely N-dealkylation sites (N-methyl/N-ethyl adjacent to an activating group) is 2. The molecule has 5 heteroatoms. The Labute approximate surface area is 133 Å². The van der Waals surface area contributed by atoms with Gasteiger partial charge in [-0.2, -0.15) is 0 Å². The second-order valence-corrected chi connectivity index (χ2v) is 8.25. The van der Waals surface area contributed by atoms with Gasteiger partial charge in [0.15, 0.2) is 0 Å². The topological polar surface area (TPSA) is 31.4 Å². The van der Waals surface area contributed by atoms with Gasteiger partial charge in [-0.3, -0.25) is 4.90 Å². The van der Waals surface area contributed by atoms with Crippen LogP contribution in [0, 0.1) is 0 Å². The van der Waals surface area contributed by atoms with E-state index in [-0.39, 0.29) is 5.54 Å². The van der Waals surface area contributed by atoms with Crippen molar-refractivity contribution in [2.75, 3.05) is 27.2 Å². The molecule has 2 rings (SSSR count). The van der Waals surface area contributed by atoms with Crippen molar-refractivity contribution in [3.05, 3.63) is 16.1 Å². The molecule has 0 radical (unpaired) electrons. The van der Waals surface area contributed by atoms with Crippen molar-refractivity contribution < 1.29 is 0 Å². The minimum atomic E-state index is 0.148. The summed E-state index contributed by atoms with van der Waals surface area (Å²) in [7, 11) is 4.45. The zero-order valence-electron chi connectivity index (χ0n) is 14.1. The largest absolute Gasteiger partial charge is 0.306 e. The van der Waals surface area contributed by atoms with Crippen LogP contribution in [-0.4, -0.2) is 53.5 Å². The molecule has 1 N–H and O–H groups in total. The van der Waals surface area contributed by atoms with Crippen LogP contribution in [0.4, 0.5) is 0 Å². The van der Waals surface area contributed by atoms with Crippen LogP contribution in [0.3, 0.4) is 0 Å². The molecule has 2 heterocycles. The Kier molecular flexibility index (Phi) is 5.77. The molecule has 4 nitrogen and oxygen atoms in total. The highest BCUT2D eigenvalue weighted by atomic mass is 32.1. The van der Waals surface area contributed by atoms with Crippen molar-refractivity contribution in [2.45, 2.75) is 58.3 Å². The van der Waals surface area contributed by atoms with Crippen LogP contribution in [0.2, 0.25) is 0 Å². The Balaban J connectivity index is 1.78. The molecule has 0 bridgehead atoms. The predicted molar refractivity (Wildman–Crippen MR) is 90.7 cm³/mol. The molecular formula is C16H30N4S. The minimum absolute atomic E-state index is 0.148. The van der Waals surface area contributed by atoms with E-state index < -0.39 is 0 Å². The molecule has 1 aromatic rings. The Morgan fingerprint density at radius 2 is 2.24 bits per heavy atom. The van der Waals surface area contributed by atoms with E-state index in [1.807, 2.05) is 0 Å². The lowest BCUT2D eigenvalue weighted by molar-refractivity contribution is 0.214. The van der Waals surface area contributed by atoms with Crippen LogP contribution >= 0.6 is 11.3 Å². The van der Waals surface area contributed by atoms with E-state index in [4.69, 9.17) is 4.98 Å². The smallest absolute Gasteiger partial charge is 0.107 e. The lowest BCUT2D eigenvalue weighted by Crippen LogP contribution is -2.36. The molecular weight excluding hydrogens is 280 g/mol. The third kappa shape index (κ3) is 5.66. The number of hydrogen-bond donors (Lipinski definition) is 1. The van der Waals surface area contributed by atoms with Gasteiger partial charge in [0.2, 0.25) is 0 Å². The summed E-state index contributed by atoms with van der Waals surface area (Å²) in [6.45, 7) is 10.8. The van der Waals surface area contributed by atoms with Gasteiger partial charge in [-0.25, -0.2) is 4.98 Å². The van der Waals surface area contributed by atoms with Crippen LogP contribution in [0.5, 0.6) is 0 Å². The molecule has 0 aliphatic carbocycles. The van der Waals surface area contributed by atoms with Crippen LogP contribution in [0.25, 0.3) is 0 Å². The molecule has 120 valence electrons. The number of rotatable bonds is 6. The first kappa shape index (κ1) is 16.9. The van der Waals surface area contributed by atoms with Crippen molar-refractivity contribution in [3.8, 4) is 0 Å². The molecule has 21 heavy (non-hydrogen) atoms. The highest BCUT2D eigenvalue weighted by Gasteiger charge is 2.22. The van der Waals surface area contributed by atoms with Gasteiger partial charge in [0.25, 0.3) is 0 Å². The molecule has 1 aromatic heterocycles. The van der Waals surface area contributed by atoms with E-state index >= 15 is 0 Å². The lowest BCUT2D eigenvalue weighted by Gasteiger charge is -2.25. The summed E-state index contributed by atoms with van der Waals surface area (Å²) in [5, 5.41) is 6.89. The van der Waals surface area contributed by atoms with E-state index in [0.717, 1.165) is 25.7 Å². The number of hydrogen-bond acceptors (Lipinski definition) is 5. The quantitative estimate of drug-likeness (QED) is 0.875. The Morgan fingerprint density at radius 3 is 2.86 bits per heavy atom. The molecule has 1 aliphatic rings. The summed E-state index contributed by atoms with van der Waals surface area (Å²) in [6, 6.07) is 0.718. The van der Waals surface area contributed by atoms with Gasteiger partial charge in [-0.05, 0) is 54.3 Å². The third-order valence-corrected chi connectivity index (χ3v) is 4.89. The Morgan fingerprint density at radius 1 is 1.48 bits per heavy atom. The Bertz CT molecular complexity index is 438. The second-order valence-electron chi connectivity index (χ2n) is 7.31. The van der Waals surface area contributed by atoms with E-state index in [9.17, 15) is 0 Å². The number of nitrogens with one attached hydrogen (secondary N) is 1. The fourth-order valence-electron chi connectivity index (χ4n) is 2.75. The van der Waals surface area contributed by atoms with Gasteiger partial charge in [-0.15, -0.1) is 11.3 Å². The molecule has 0 saturated carbocycles. The molecule has 1 fully saturated rings. The SMILES string of the molecule is CN(Cc1csc(CNC(C)(C)C)n1)CC1CCCN1C. The second kappa shape index (κ2) is 7.18. The zero-order chi connectivity index (χ0) is 15.5. The Hall–Kier alpha value is -0.490. The maximum absolute atomic E-state index is 4.75.